The maximum Gasteiger partial charge on any atom is 0.323 e. The molecule has 2 aromatic carbocycles. The molecular weight excluding hydrogens is 384 g/mol. The van der Waals surface area contributed by atoms with Crippen LogP contribution in [0.25, 0.3) is 10.2 Å². The van der Waals surface area contributed by atoms with E-state index in [0.717, 1.165) is 47.2 Å². The Morgan fingerprint density at radius 1 is 0.931 bits per heavy atom. The van der Waals surface area contributed by atoms with Gasteiger partial charge >= 0.3 is 6.03 Å². The highest BCUT2D eigenvalue weighted by atomic mass is 32.1. The molecular formula is C22H24N4O2S. The van der Waals surface area contributed by atoms with Crippen LogP contribution in [0.4, 0.5) is 21.3 Å². The second kappa shape index (κ2) is 8.61. The van der Waals surface area contributed by atoms with E-state index in [1.54, 1.807) is 0 Å². The molecule has 1 heterocycles. The van der Waals surface area contributed by atoms with Gasteiger partial charge in [0.25, 0.3) is 0 Å². The average Bonchev–Trinajstić information content (AvgIpc) is 3.12. The summed E-state index contributed by atoms with van der Waals surface area (Å²) in [4.78, 5) is 29.2. The Kier molecular flexibility index (Phi) is 5.76. The standard InChI is InChI=1S/C22H24N4O2S/c1-14-7-9-16(10-8-14)23-21(28)24-17-11-12-19-18(13-17)25-22(29-19)26-20(27)15-5-3-2-4-6-15/h7-13,15H,2-6H2,1H3,(H2,23,24,28)(H,25,26,27). The average molecular weight is 409 g/mol. The number of aryl methyl sites for hydroxylation is 1. The van der Waals surface area contributed by atoms with Gasteiger partial charge in [-0.05, 0) is 50.1 Å². The number of aromatic nitrogens is 1. The lowest BCUT2D eigenvalue weighted by Crippen LogP contribution is -2.24. The van der Waals surface area contributed by atoms with Gasteiger partial charge in [0.05, 0.1) is 10.2 Å². The summed E-state index contributed by atoms with van der Waals surface area (Å²) < 4.78 is 0.966. The van der Waals surface area contributed by atoms with Gasteiger partial charge in [-0.3, -0.25) is 4.79 Å². The van der Waals surface area contributed by atoms with Crippen molar-refractivity contribution in [3.8, 4) is 0 Å². The lowest BCUT2D eigenvalue weighted by Gasteiger charge is -2.19. The van der Waals surface area contributed by atoms with E-state index < -0.39 is 0 Å². The number of benzene rings is 2. The van der Waals surface area contributed by atoms with E-state index >= 15 is 0 Å². The number of nitrogens with zero attached hydrogens (tertiary/aromatic N) is 1. The number of thiazole rings is 1. The number of hydrogen-bond donors (Lipinski definition) is 3. The van der Waals surface area contributed by atoms with E-state index in [-0.39, 0.29) is 17.9 Å². The maximum atomic E-state index is 12.4. The third kappa shape index (κ3) is 4.92. The first kappa shape index (κ1) is 19.4. The van der Waals surface area contributed by atoms with E-state index in [1.807, 2.05) is 49.4 Å². The molecule has 29 heavy (non-hydrogen) atoms. The zero-order chi connectivity index (χ0) is 20.2. The van der Waals surface area contributed by atoms with Crippen LogP contribution in [0.3, 0.4) is 0 Å². The third-order valence-corrected chi connectivity index (χ3v) is 6.11. The van der Waals surface area contributed by atoms with Crippen LogP contribution in [0.5, 0.6) is 0 Å². The molecule has 1 fully saturated rings. The van der Waals surface area contributed by atoms with Gasteiger partial charge in [0.1, 0.15) is 0 Å². The number of nitrogens with one attached hydrogen (secondary N) is 3. The quantitative estimate of drug-likeness (QED) is 0.513. The SMILES string of the molecule is Cc1ccc(NC(=O)Nc2ccc3sc(NC(=O)C4CCCCC4)nc3c2)cc1. The summed E-state index contributed by atoms with van der Waals surface area (Å²) in [7, 11) is 0. The molecule has 0 spiro atoms. The molecule has 3 aromatic rings. The van der Waals surface area contributed by atoms with E-state index in [1.165, 1.54) is 17.8 Å². The first-order valence-electron chi connectivity index (χ1n) is 9.93. The molecule has 3 N–H and O–H groups in total. The predicted molar refractivity (Wildman–Crippen MR) is 119 cm³/mol. The van der Waals surface area contributed by atoms with Gasteiger partial charge in [0.15, 0.2) is 5.13 Å². The van der Waals surface area contributed by atoms with Gasteiger partial charge < -0.3 is 16.0 Å². The van der Waals surface area contributed by atoms with Crippen LogP contribution in [0.1, 0.15) is 37.7 Å². The molecule has 1 aromatic heterocycles. The van der Waals surface area contributed by atoms with Crippen LogP contribution in [0, 0.1) is 12.8 Å². The van der Waals surface area contributed by atoms with E-state index in [9.17, 15) is 9.59 Å². The fourth-order valence-corrected chi connectivity index (χ4v) is 4.41. The molecule has 0 bridgehead atoms. The Bertz CT molecular complexity index is 1020. The van der Waals surface area contributed by atoms with Crippen molar-refractivity contribution in [1.29, 1.82) is 0 Å². The second-order valence-electron chi connectivity index (χ2n) is 7.47. The fourth-order valence-electron chi connectivity index (χ4n) is 3.56. The number of carbonyl (C=O) groups is 2. The Morgan fingerprint density at radius 3 is 2.38 bits per heavy atom. The Labute approximate surface area is 173 Å². The van der Waals surface area contributed by atoms with E-state index in [2.05, 4.69) is 20.9 Å². The molecule has 3 amide bonds. The molecule has 4 rings (SSSR count). The Balaban J connectivity index is 1.40. The summed E-state index contributed by atoms with van der Waals surface area (Å²) in [6, 6.07) is 12.9. The number of carbonyl (C=O) groups excluding carboxylic acids is 2. The summed E-state index contributed by atoms with van der Waals surface area (Å²) >= 11 is 1.45. The van der Waals surface area contributed by atoms with Crippen molar-refractivity contribution in [3.63, 3.8) is 0 Å². The van der Waals surface area contributed by atoms with Crippen molar-refractivity contribution in [3.05, 3.63) is 48.0 Å². The molecule has 6 nitrogen and oxygen atoms in total. The lowest BCUT2D eigenvalue weighted by atomic mass is 9.89. The predicted octanol–water partition coefficient (Wildman–Crippen LogP) is 5.77. The second-order valence-corrected chi connectivity index (χ2v) is 8.50. The third-order valence-electron chi connectivity index (χ3n) is 5.16. The van der Waals surface area contributed by atoms with E-state index in [4.69, 9.17) is 0 Å². The molecule has 1 aliphatic rings. The molecule has 0 aliphatic heterocycles. The molecule has 0 unspecified atom stereocenters. The zero-order valence-electron chi connectivity index (χ0n) is 16.3. The van der Waals surface area contributed by atoms with Gasteiger partial charge in [-0.25, -0.2) is 9.78 Å². The number of urea groups is 1. The summed E-state index contributed by atoms with van der Waals surface area (Å²) in [5, 5.41) is 9.21. The summed E-state index contributed by atoms with van der Waals surface area (Å²) in [5.41, 5.74) is 3.27. The van der Waals surface area contributed by atoms with E-state index in [0.29, 0.717) is 10.8 Å². The summed E-state index contributed by atoms with van der Waals surface area (Å²) in [6.45, 7) is 2.00. The minimum atomic E-state index is -0.311. The van der Waals surface area contributed by atoms with Gasteiger partial charge in [-0.2, -0.15) is 0 Å². The van der Waals surface area contributed by atoms with Crippen molar-refractivity contribution >= 4 is 50.0 Å². The fraction of sp³-hybridized carbons (Fsp3) is 0.318. The van der Waals surface area contributed by atoms with Gasteiger partial charge in [0, 0.05) is 17.3 Å². The van der Waals surface area contributed by atoms with Gasteiger partial charge in [-0.15, -0.1) is 0 Å². The molecule has 0 radical (unpaired) electrons. The lowest BCUT2D eigenvalue weighted by molar-refractivity contribution is -0.120. The molecule has 1 saturated carbocycles. The Morgan fingerprint density at radius 2 is 1.62 bits per heavy atom. The highest BCUT2D eigenvalue weighted by Crippen LogP contribution is 2.30. The topological polar surface area (TPSA) is 83.1 Å². The Hall–Kier alpha value is -2.93. The number of amides is 3. The van der Waals surface area contributed by atoms with Crippen molar-refractivity contribution in [2.45, 2.75) is 39.0 Å². The first-order valence-corrected chi connectivity index (χ1v) is 10.7. The van der Waals surface area contributed by atoms with Crippen LogP contribution in [-0.4, -0.2) is 16.9 Å². The number of anilines is 3. The number of hydrogen-bond acceptors (Lipinski definition) is 4. The molecule has 7 heteroatoms. The van der Waals surface area contributed by atoms with Crippen LogP contribution < -0.4 is 16.0 Å². The smallest absolute Gasteiger partial charge is 0.308 e. The van der Waals surface area contributed by atoms with Crippen molar-refractivity contribution in [1.82, 2.24) is 4.98 Å². The summed E-state index contributed by atoms with van der Waals surface area (Å²) in [5.74, 6) is 0.165. The molecule has 1 aliphatic carbocycles. The van der Waals surface area contributed by atoms with Crippen molar-refractivity contribution in [2.75, 3.05) is 16.0 Å². The monoisotopic (exact) mass is 408 g/mol. The first-order chi connectivity index (χ1) is 14.1. The number of fused-ring (bicyclic) bond motifs is 1. The molecule has 0 saturated heterocycles. The van der Waals surface area contributed by atoms with Crippen LogP contribution in [0.2, 0.25) is 0 Å². The highest BCUT2D eigenvalue weighted by molar-refractivity contribution is 7.22. The normalized spacial score (nSPS) is 14.5. The van der Waals surface area contributed by atoms with Gasteiger partial charge in [0.2, 0.25) is 5.91 Å². The van der Waals surface area contributed by atoms with Crippen molar-refractivity contribution < 1.29 is 9.59 Å². The van der Waals surface area contributed by atoms with Crippen LogP contribution >= 0.6 is 11.3 Å². The molecule has 0 atom stereocenters. The van der Waals surface area contributed by atoms with Gasteiger partial charge in [-0.1, -0.05) is 48.3 Å². The molecule has 150 valence electrons. The van der Waals surface area contributed by atoms with Crippen LogP contribution in [-0.2, 0) is 4.79 Å². The zero-order valence-corrected chi connectivity index (χ0v) is 17.1. The van der Waals surface area contributed by atoms with Crippen molar-refractivity contribution in [2.24, 2.45) is 5.92 Å². The summed E-state index contributed by atoms with van der Waals surface area (Å²) in [6.07, 6.45) is 5.38. The number of rotatable bonds is 4. The minimum Gasteiger partial charge on any atom is -0.308 e. The van der Waals surface area contributed by atoms with Crippen LogP contribution in [0.15, 0.2) is 42.5 Å². The highest BCUT2D eigenvalue weighted by Gasteiger charge is 2.22. The largest absolute Gasteiger partial charge is 0.323 e. The minimum absolute atomic E-state index is 0.0691. The maximum absolute atomic E-state index is 12.4.